The molecule has 4 nitrogen and oxygen atoms in total. The first-order chi connectivity index (χ1) is 13.0. The normalized spacial score (nSPS) is 12.7. The Bertz CT molecular complexity index is 815. The van der Waals surface area contributed by atoms with Gasteiger partial charge in [0, 0.05) is 24.6 Å². The van der Waals surface area contributed by atoms with Gasteiger partial charge in [-0.15, -0.1) is 0 Å². The van der Waals surface area contributed by atoms with E-state index in [0.717, 1.165) is 36.7 Å². The number of benzene rings is 2. The summed E-state index contributed by atoms with van der Waals surface area (Å²) in [5.41, 5.74) is -2.00. The van der Waals surface area contributed by atoms with Crippen molar-refractivity contribution in [1.82, 2.24) is 0 Å². The largest absolute Gasteiger partial charge is 0.497 e. The standard InChI is InChI=1S/C18H14F6N2O2/c1-27-15-7-11(17(19,20)21)5-13(9-15)25-3-4-26-14-6-12(18(22,23)24)8-16(10-14)28-2/h3-10H,1-2H3. The topological polar surface area (TPSA) is 43.2 Å². The molecule has 150 valence electrons. The molecule has 0 unspecified atom stereocenters. The summed E-state index contributed by atoms with van der Waals surface area (Å²) in [4.78, 5) is 7.62. The van der Waals surface area contributed by atoms with Gasteiger partial charge in [-0.25, -0.2) is 0 Å². The minimum Gasteiger partial charge on any atom is -0.497 e. The zero-order chi connectivity index (χ0) is 20.9. The molecule has 28 heavy (non-hydrogen) atoms. The highest BCUT2D eigenvalue weighted by atomic mass is 19.4. The maximum absolute atomic E-state index is 12.9. The van der Waals surface area contributed by atoms with Crippen LogP contribution >= 0.6 is 0 Å². The van der Waals surface area contributed by atoms with Crippen LogP contribution in [0.4, 0.5) is 37.7 Å². The highest BCUT2D eigenvalue weighted by Gasteiger charge is 2.32. The van der Waals surface area contributed by atoms with Gasteiger partial charge in [-0.3, -0.25) is 9.98 Å². The number of hydrogen-bond donors (Lipinski definition) is 0. The van der Waals surface area contributed by atoms with Gasteiger partial charge in [-0.05, 0) is 24.3 Å². The fourth-order valence-corrected chi connectivity index (χ4v) is 2.12. The lowest BCUT2D eigenvalue weighted by atomic mass is 10.2. The van der Waals surface area contributed by atoms with E-state index in [1.165, 1.54) is 26.4 Å². The maximum atomic E-state index is 12.9. The van der Waals surface area contributed by atoms with Gasteiger partial charge in [-0.2, -0.15) is 26.3 Å². The van der Waals surface area contributed by atoms with Crippen LogP contribution in [-0.4, -0.2) is 26.6 Å². The van der Waals surface area contributed by atoms with Gasteiger partial charge in [0.05, 0.1) is 36.7 Å². The molecule has 2 aromatic carbocycles. The van der Waals surface area contributed by atoms with E-state index >= 15 is 0 Å². The number of aliphatic imine (C=N–C) groups is 2. The van der Waals surface area contributed by atoms with Gasteiger partial charge in [0.25, 0.3) is 0 Å². The van der Waals surface area contributed by atoms with Crippen molar-refractivity contribution < 1.29 is 35.8 Å². The predicted octanol–water partition coefficient (Wildman–Crippen LogP) is 5.85. The number of ether oxygens (including phenoxy) is 2. The van der Waals surface area contributed by atoms with E-state index in [-0.39, 0.29) is 22.9 Å². The van der Waals surface area contributed by atoms with Crippen molar-refractivity contribution in [3.63, 3.8) is 0 Å². The van der Waals surface area contributed by atoms with Crippen LogP contribution in [0.5, 0.6) is 11.5 Å². The molecule has 0 amide bonds. The van der Waals surface area contributed by atoms with E-state index in [0.29, 0.717) is 0 Å². The Hall–Kier alpha value is -3.04. The average Bonchev–Trinajstić information content (AvgIpc) is 2.63. The van der Waals surface area contributed by atoms with Gasteiger partial charge in [0.1, 0.15) is 11.5 Å². The third-order valence-electron chi connectivity index (χ3n) is 3.42. The van der Waals surface area contributed by atoms with Gasteiger partial charge < -0.3 is 9.47 Å². The molecule has 0 spiro atoms. The first kappa shape index (κ1) is 21.3. The lowest BCUT2D eigenvalue weighted by molar-refractivity contribution is -0.138. The molecule has 0 fully saturated rings. The molecular formula is C18H14F6N2O2. The van der Waals surface area contributed by atoms with E-state index in [2.05, 4.69) is 9.98 Å². The SMILES string of the molecule is COc1cc(N=CC=Nc2cc(OC)cc(C(F)(F)F)c2)cc(C(F)(F)F)c1. The second kappa shape index (κ2) is 8.32. The van der Waals surface area contributed by atoms with Crippen molar-refractivity contribution in [1.29, 1.82) is 0 Å². The van der Waals surface area contributed by atoms with Crippen LogP contribution in [0.15, 0.2) is 46.4 Å². The van der Waals surface area contributed by atoms with Crippen LogP contribution in [-0.2, 0) is 12.4 Å². The molecule has 10 heteroatoms. The Morgan fingerprint density at radius 2 is 1.00 bits per heavy atom. The molecule has 0 saturated heterocycles. The Labute approximate surface area is 156 Å². The van der Waals surface area contributed by atoms with Gasteiger partial charge in [0.2, 0.25) is 0 Å². The van der Waals surface area contributed by atoms with Crippen molar-refractivity contribution in [3.8, 4) is 11.5 Å². The molecule has 0 bridgehead atoms. The first-order valence-electron chi connectivity index (χ1n) is 7.62. The average molecular weight is 404 g/mol. The molecule has 0 N–H and O–H groups in total. The Morgan fingerprint density at radius 1 is 0.643 bits per heavy atom. The summed E-state index contributed by atoms with van der Waals surface area (Å²) in [6.07, 6.45) is -7.05. The molecule has 0 atom stereocenters. The van der Waals surface area contributed by atoms with Crippen LogP contribution in [0.25, 0.3) is 0 Å². The van der Waals surface area contributed by atoms with Crippen LogP contribution < -0.4 is 9.47 Å². The molecule has 0 heterocycles. The van der Waals surface area contributed by atoms with Gasteiger partial charge >= 0.3 is 12.4 Å². The summed E-state index contributed by atoms with van der Waals surface area (Å²) in [5.74, 6) is -0.0805. The van der Waals surface area contributed by atoms with E-state index < -0.39 is 23.5 Å². The molecule has 0 aromatic heterocycles. The van der Waals surface area contributed by atoms with Crippen LogP contribution in [0.2, 0.25) is 0 Å². The summed E-state index contributed by atoms with van der Waals surface area (Å²) in [7, 11) is 2.43. The Balaban J connectivity index is 2.26. The van der Waals surface area contributed by atoms with E-state index in [9.17, 15) is 26.3 Å². The fourth-order valence-electron chi connectivity index (χ4n) is 2.12. The number of alkyl halides is 6. The van der Waals surface area contributed by atoms with Crippen molar-refractivity contribution in [2.45, 2.75) is 12.4 Å². The fraction of sp³-hybridized carbons (Fsp3) is 0.222. The third kappa shape index (κ3) is 5.73. The zero-order valence-electron chi connectivity index (χ0n) is 14.6. The molecule has 0 aliphatic carbocycles. The third-order valence-corrected chi connectivity index (χ3v) is 3.42. The quantitative estimate of drug-likeness (QED) is 0.464. The van der Waals surface area contributed by atoms with Gasteiger partial charge in [0.15, 0.2) is 0 Å². The Morgan fingerprint density at radius 3 is 1.29 bits per heavy atom. The van der Waals surface area contributed by atoms with Crippen molar-refractivity contribution >= 4 is 23.8 Å². The smallest absolute Gasteiger partial charge is 0.416 e. The van der Waals surface area contributed by atoms with E-state index in [1.54, 1.807) is 0 Å². The van der Waals surface area contributed by atoms with Crippen LogP contribution in [0.1, 0.15) is 11.1 Å². The lowest BCUT2D eigenvalue weighted by Gasteiger charge is -2.09. The maximum Gasteiger partial charge on any atom is 0.416 e. The summed E-state index contributed by atoms with van der Waals surface area (Å²) in [6, 6.07) is 5.80. The molecule has 2 aromatic rings. The molecule has 2 rings (SSSR count). The highest BCUT2D eigenvalue weighted by Crippen LogP contribution is 2.36. The predicted molar refractivity (Wildman–Crippen MR) is 92.3 cm³/mol. The second-order valence-electron chi connectivity index (χ2n) is 5.39. The number of rotatable bonds is 5. The minimum absolute atomic E-state index is 0.0403. The molecule has 0 aliphatic heterocycles. The van der Waals surface area contributed by atoms with Gasteiger partial charge in [-0.1, -0.05) is 0 Å². The summed E-state index contributed by atoms with van der Waals surface area (Å²) in [5, 5.41) is 0. The first-order valence-corrected chi connectivity index (χ1v) is 7.62. The van der Waals surface area contributed by atoms with E-state index in [1.807, 2.05) is 0 Å². The minimum atomic E-state index is -4.58. The highest BCUT2D eigenvalue weighted by molar-refractivity contribution is 6.17. The molecule has 0 saturated carbocycles. The van der Waals surface area contributed by atoms with Crippen molar-refractivity contribution in [3.05, 3.63) is 47.5 Å². The van der Waals surface area contributed by atoms with Crippen LogP contribution in [0, 0.1) is 0 Å². The summed E-state index contributed by atoms with van der Waals surface area (Å²) in [6.45, 7) is 0. The summed E-state index contributed by atoms with van der Waals surface area (Å²) >= 11 is 0. The molecular weight excluding hydrogens is 390 g/mol. The van der Waals surface area contributed by atoms with E-state index in [4.69, 9.17) is 9.47 Å². The number of hydrogen-bond acceptors (Lipinski definition) is 4. The number of methoxy groups -OCH3 is 2. The van der Waals surface area contributed by atoms with Crippen LogP contribution in [0.3, 0.4) is 0 Å². The summed E-state index contributed by atoms with van der Waals surface area (Å²) < 4.78 is 86.8. The monoisotopic (exact) mass is 404 g/mol. The molecule has 0 radical (unpaired) electrons. The zero-order valence-corrected chi connectivity index (χ0v) is 14.6. The lowest BCUT2D eigenvalue weighted by Crippen LogP contribution is -2.04. The number of nitrogens with zero attached hydrogens (tertiary/aromatic N) is 2. The molecule has 0 aliphatic rings. The van der Waals surface area contributed by atoms with Crippen molar-refractivity contribution in [2.24, 2.45) is 9.98 Å². The number of halogens is 6. The Kier molecular flexibility index (Phi) is 6.32. The van der Waals surface area contributed by atoms with Crippen molar-refractivity contribution in [2.75, 3.05) is 14.2 Å². The second-order valence-corrected chi connectivity index (χ2v) is 5.39.